The number of nitrogens with one attached hydrogen (secondary N) is 1. The van der Waals surface area contributed by atoms with E-state index in [4.69, 9.17) is 9.47 Å². The molecule has 1 heterocycles. The minimum Gasteiger partial charge on any atom is -0.486 e. The molecule has 0 atom stereocenters. The summed E-state index contributed by atoms with van der Waals surface area (Å²) in [6, 6.07) is 9.65. The van der Waals surface area contributed by atoms with Gasteiger partial charge in [-0.05, 0) is 12.1 Å². The molecule has 1 aromatic heterocycles. The summed E-state index contributed by atoms with van der Waals surface area (Å²) in [6.45, 7) is 2.63. The molecule has 0 saturated heterocycles. The molecule has 1 aromatic carbocycles. The predicted molar refractivity (Wildman–Crippen MR) is 76.4 cm³/mol. The zero-order valence-electron chi connectivity index (χ0n) is 11.6. The van der Waals surface area contributed by atoms with E-state index >= 15 is 0 Å². The van der Waals surface area contributed by atoms with Crippen molar-refractivity contribution in [2.24, 2.45) is 0 Å². The van der Waals surface area contributed by atoms with Crippen molar-refractivity contribution >= 4 is 0 Å². The second-order valence-corrected chi connectivity index (χ2v) is 4.28. The van der Waals surface area contributed by atoms with E-state index < -0.39 is 0 Å². The average Bonchev–Trinajstić information content (AvgIpc) is 2.52. The molecule has 0 radical (unpaired) electrons. The lowest BCUT2D eigenvalue weighted by Crippen LogP contribution is -2.18. The normalized spacial score (nSPS) is 10.4. The second-order valence-electron chi connectivity index (χ2n) is 4.28. The van der Waals surface area contributed by atoms with Crippen LogP contribution >= 0.6 is 0 Å². The van der Waals surface area contributed by atoms with Gasteiger partial charge in [-0.15, -0.1) is 0 Å². The maximum absolute atomic E-state index is 5.59. The molecule has 106 valence electrons. The number of ether oxygens (including phenoxy) is 2. The lowest BCUT2D eigenvalue weighted by molar-refractivity contribution is 0.199. The first kappa shape index (κ1) is 14.4. The predicted octanol–water partition coefficient (Wildman–Crippen LogP) is 1.79. The van der Waals surface area contributed by atoms with E-state index in [0.29, 0.717) is 19.0 Å². The smallest absolute Gasteiger partial charge is 0.166 e. The highest BCUT2D eigenvalue weighted by molar-refractivity contribution is 5.21. The standard InChI is InChI=1S/C15H19N3O2/c1-19-8-7-16-9-13-10-17-15(18-11-13)12-20-14-5-3-2-4-6-14/h2-6,10-11,16H,7-9,12H2,1H3. The molecule has 5 nitrogen and oxygen atoms in total. The van der Waals surface area contributed by atoms with E-state index in [1.54, 1.807) is 7.11 Å². The molecule has 0 aliphatic heterocycles. The van der Waals surface area contributed by atoms with Crippen molar-refractivity contribution in [1.82, 2.24) is 15.3 Å². The first-order valence-electron chi connectivity index (χ1n) is 6.56. The summed E-state index contributed by atoms with van der Waals surface area (Å²) in [6.07, 6.45) is 3.63. The largest absolute Gasteiger partial charge is 0.486 e. The number of hydrogen-bond acceptors (Lipinski definition) is 5. The van der Waals surface area contributed by atoms with Crippen LogP contribution in [0.4, 0.5) is 0 Å². The lowest BCUT2D eigenvalue weighted by atomic mass is 10.3. The van der Waals surface area contributed by atoms with Gasteiger partial charge in [0, 0.05) is 38.2 Å². The highest BCUT2D eigenvalue weighted by atomic mass is 16.5. The van der Waals surface area contributed by atoms with Crippen molar-refractivity contribution in [2.75, 3.05) is 20.3 Å². The van der Waals surface area contributed by atoms with Crippen LogP contribution in [0.1, 0.15) is 11.4 Å². The zero-order valence-corrected chi connectivity index (χ0v) is 11.6. The van der Waals surface area contributed by atoms with Crippen LogP contribution in [0, 0.1) is 0 Å². The molecule has 0 bridgehead atoms. The van der Waals surface area contributed by atoms with Crippen LogP contribution < -0.4 is 10.1 Å². The van der Waals surface area contributed by atoms with Gasteiger partial charge in [0.15, 0.2) is 5.82 Å². The Kier molecular flexibility index (Phi) is 5.95. The van der Waals surface area contributed by atoms with Crippen LogP contribution in [-0.2, 0) is 17.9 Å². The summed E-state index contributed by atoms with van der Waals surface area (Å²) in [5, 5.41) is 3.24. The van der Waals surface area contributed by atoms with E-state index in [-0.39, 0.29) is 0 Å². The van der Waals surface area contributed by atoms with Gasteiger partial charge in [0.05, 0.1) is 6.61 Å². The fourth-order valence-electron chi connectivity index (χ4n) is 1.62. The topological polar surface area (TPSA) is 56.3 Å². The van der Waals surface area contributed by atoms with Crippen molar-refractivity contribution in [2.45, 2.75) is 13.2 Å². The van der Waals surface area contributed by atoms with E-state index in [2.05, 4.69) is 15.3 Å². The summed E-state index contributed by atoms with van der Waals surface area (Å²) >= 11 is 0. The molecular formula is C15H19N3O2. The first-order chi connectivity index (χ1) is 9.88. The van der Waals surface area contributed by atoms with Crippen molar-refractivity contribution in [3.05, 3.63) is 54.1 Å². The number of nitrogens with zero attached hydrogens (tertiary/aromatic N) is 2. The van der Waals surface area contributed by atoms with Gasteiger partial charge in [-0.3, -0.25) is 0 Å². The third-order valence-electron chi connectivity index (χ3n) is 2.68. The highest BCUT2D eigenvalue weighted by Gasteiger charge is 1.99. The lowest BCUT2D eigenvalue weighted by Gasteiger charge is -2.06. The molecule has 20 heavy (non-hydrogen) atoms. The summed E-state index contributed by atoms with van der Waals surface area (Å²) in [4.78, 5) is 8.57. The Morgan fingerprint density at radius 2 is 1.85 bits per heavy atom. The number of rotatable bonds is 8. The van der Waals surface area contributed by atoms with E-state index in [0.717, 1.165) is 24.4 Å². The molecule has 0 aliphatic rings. The highest BCUT2D eigenvalue weighted by Crippen LogP contribution is 2.09. The Balaban J connectivity index is 1.76. The Labute approximate surface area is 119 Å². The van der Waals surface area contributed by atoms with Crippen LogP contribution in [0.2, 0.25) is 0 Å². The zero-order chi connectivity index (χ0) is 14.0. The molecule has 0 amide bonds. The van der Waals surface area contributed by atoms with E-state index in [9.17, 15) is 0 Å². The molecule has 2 aromatic rings. The van der Waals surface area contributed by atoms with Gasteiger partial charge in [-0.2, -0.15) is 0 Å². The maximum Gasteiger partial charge on any atom is 0.166 e. The summed E-state index contributed by atoms with van der Waals surface area (Å²) in [7, 11) is 1.69. The second kappa shape index (κ2) is 8.24. The Morgan fingerprint density at radius 3 is 2.55 bits per heavy atom. The van der Waals surface area contributed by atoms with Gasteiger partial charge < -0.3 is 14.8 Å². The van der Waals surface area contributed by atoms with Gasteiger partial charge in [-0.25, -0.2) is 9.97 Å². The third kappa shape index (κ3) is 4.95. The third-order valence-corrected chi connectivity index (χ3v) is 2.68. The number of aromatic nitrogens is 2. The summed E-state index contributed by atoms with van der Waals surface area (Å²) < 4.78 is 10.6. The Bertz CT molecular complexity index is 488. The van der Waals surface area contributed by atoms with Crippen molar-refractivity contribution in [3.63, 3.8) is 0 Å². The van der Waals surface area contributed by atoms with Gasteiger partial charge in [-0.1, -0.05) is 18.2 Å². The van der Waals surface area contributed by atoms with Crippen molar-refractivity contribution < 1.29 is 9.47 Å². The minimum atomic E-state index is 0.376. The summed E-state index contributed by atoms with van der Waals surface area (Å²) in [5.41, 5.74) is 1.05. The maximum atomic E-state index is 5.59. The van der Waals surface area contributed by atoms with Crippen LogP contribution in [-0.4, -0.2) is 30.2 Å². The summed E-state index contributed by atoms with van der Waals surface area (Å²) in [5.74, 6) is 1.50. The van der Waals surface area contributed by atoms with Crippen LogP contribution in [0.3, 0.4) is 0 Å². The van der Waals surface area contributed by atoms with Gasteiger partial charge in [0.1, 0.15) is 12.4 Å². The minimum absolute atomic E-state index is 0.376. The molecule has 0 aliphatic carbocycles. The van der Waals surface area contributed by atoms with Gasteiger partial charge in [0.25, 0.3) is 0 Å². The fourth-order valence-corrected chi connectivity index (χ4v) is 1.62. The van der Waals surface area contributed by atoms with E-state index in [1.807, 2.05) is 42.7 Å². The molecule has 2 rings (SSSR count). The number of methoxy groups -OCH3 is 1. The quantitative estimate of drug-likeness (QED) is 0.743. The fraction of sp³-hybridized carbons (Fsp3) is 0.333. The SMILES string of the molecule is COCCNCc1cnc(COc2ccccc2)nc1. The molecule has 0 saturated carbocycles. The monoisotopic (exact) mass is 273 g/mol. The number of para-hydroxylation sites is 1. The Morgan fingerprint density at radius 1 is 1.10 bits per heavy atom. The first-order valence-corrected chi connectivity index (χ1v) is 6.56. The molecule has 0 fully saturated rings. The van der Waals surface area contributed by atoms with Gasteiger partial charge >= 0.3 is 0 Å². The van der Waals surface area contributed by atoms with Crippen LogP contribution in [0.15, 0.2) is 42.7 Å². The molecule has 1 N–H and O–H groups in total. The molecule has 0 spiro atoms. The van der Waals surface area contributed by atoms with Crippen LogP contribution in [0.25, 0.3) is 0 Å². The number of benzene rings is 1. The molecular weight excluding hydrogens is 254 g/mol. The molecule has 0 unspecified atom stereocenters. The number of hydrogen-bond donors (Lipinski definition) is 1. The van der Waals surface area contributed by atoms with Gasteiger partial charge in [0.2, 0.25) is 0 Å². The van der Waals surface area contributed by atoms with Crippen LogP contribution in [0.5, 0.6) is 5.75 Å². The van der Waals surface area contributed by atoms with Crippen molar-refractivity contribution in [3.8, 4) is 5.75 Å². The van der Waals surface area contributed by atoms with Crippen molar-refractivity contribution in [1.29, 1.82) is 0 Å². The Hall–Kier alpha value is -1.98. The van der Waals surface area contributed by atoms with E-state index in [1.165, 1.54) is 0 Å². The molecule has 5 heteroatoms. The average molecular weight is 273 g/mol.